The van der Waals surface area contributed by atoms with Crippen LogP contribution in [0.1, 0.15) is 62.5 Å². The quantitative estimate of drug-likeness (QED) is 0.862. The highest BCUT2D eigenvalue weighted by atomic mass is 16.2. The minimum atomic E-state index is -0.0979. The Bertz CT molecular complexity index is 469. The third kappa shape index (κ3) is 1.98. The van der Waals surface area contributed by atoms with Crippen molar-refractivity contribution in [3.05, 3.63) is 35.4 Å². The number of amides is 1. The first-order chi connectivity index (χ1) is 9.13. The Morgan fingerprint density at radius 1 is 1.16 bits per heavy atom. The van der Waals surface area contributed by atoms with Gasteiger partial charge in [-0.3, -0.25) is 4.79 Å². The van der Waals surface area contributed by atoms with Crippen molar-refractivity contribution in [2.45, 2.75) is 51.4 Å². The van der Waals surface area contributed by atoms with Gasteiger partial charge in [0, 0.05) is 12.5 Å². The third-order valence-electron chi connectivity index (χ3n) is 5.09. The number of benzene rings is 1. The Morgan fingerprint density at radius 2 is 1.79 bits per heavy atom. The van der Waals surface area contributed by atoms with Crippen LogP contribution in [0.25, 0.3) is 0 Å². The van der Waals surface area contributed by atoms with Gasteiger partial charge in [-0.1, -0.05) is 51.0 Å². The number of hydrogen-bond acceptors (Lipinski definition) is 1. The molecule has 1 saturated heterocycles. The van der Waals surface area contributed by atoms with Crippen molar-refractivity contribution in [3.63, 3.8) is 0 Å². The summed E-state index contributed by atoms with van der Waals surface area (Å²) < 4.78 is 0. The van der Waals surface area contributed by atoms with Crippen LogP contribution in [0.3, 0.4) is 0 Å². The lowest BCUT2D eigenvalue weighted by Crippen LogP contribution is -2.31. The summed E-state index contributed by atoms with van der Waals surface area (Å²) in [6.07, 6.45) is 4.53. The van der Waals surface area contributed by atoms with Gasteiger partial charge in [0.25, 0.3) is 0 Å². The fourth-order valence-corrected chi connectivity index (χ4v) is 3.86. The monoisotopic (exact) mass is 257 g/mol. The largest absolute Gasteiger partial charge is 0.355 e. The number of hydrogen-bond donors (Lipinski definition) is 1. The predicted octanol–water partition coefficient (Wildman–Crippen LogP) is 3.58. The van der Waals surface area contributed by atoms with E-state index < -0.39 is 0 Å². The van der Waals surface area contributed by atoms with E-state index in [1.807, 2.05) is 0 Å². The molecule has 1 aromatic rings. The van der Waals surface area contributed by atoms with E-state index in [-0.39, 0.29) is 5.41 Å². The zero-order valence-electron chi connectivity index (χ0n) is 11.9. The van der Waals surface area contributed by atoms with Gasteiger partial charge in [-0.15, -0.1) is 0 Å². The second-order valence-corrected chi connectivity index (χ2v) is 6.45. The van der Waals surface area contributed by atoms with Gasteiger partial charge in [0.2, 0.25) is 5.91 Å². The van der Waals surface area contributed by atoms with Crippen molar-refractivity contribution >= 4 is 5.91 Å². The van der Waals surface area contributed by atoms with Crippen molar-refractivity contribution in [3.8, 4) is 0 Å². The highest BCUT2D eigenvalue weighted by Crippen LogP contribution is 2.51. The standard InChI is InChI=1S/C17H23NO/c1-12(2)13-5-7-14(8-6-13)15-11-18-16(19)17(15)9-3-4-10-17/h5-8,12,15H,3-4,9-11H2,1-2H3,(H,18,19)/t15-/m0/s1. The van der Waals surface area contributed by atoms with Gasteiger partial charge in [-0.2, -0.15) is 0 Å². The summed E-state index contributed by atoms with van der Waals surface area (Å²) in [5.74, 6) is 1.24. The van der Waals surface area contributed by atoms with E-state index in [0.717, 1.165) is 19.4 Å². The Hall–Kier alpha value is -1.31. The first-order valence-corrected chi connectivity index (χ1v) is 7.52. The van der Waals surface area contributed by atoms with Crippen LogP contribution in [0.15, 0.2) is 24.3 Å². The molecule has 1 atom stereocenters. The molecule has 2 nitrogen and oxygen atoms in total. The van der Waals surface area contributed by atoms with E-state index in [1.165, 1.54) is 24.0 Å². The summed E-state index contributed by atoms with van der Waals surface area (Å²) in [4.78, 5) is 12.2. The van der Waals surface area contributed by atoms with E-state index in [9.17, 15) is 4.79 Å². The van der Waals surface area contributed by atoms with Crippen LogP contribution in [0.2, 0.25) is 0 Å². The molecule has 1 saturated carbocycles. The highest BCUT2D eigenvalue weighted by Gasteiger charge is 2.51. The molecule has 1 spiro atoms. The van der Waals surface area contributed by atoms with Crippen molar-refractivity contribution in [2.75, 3.05) is 6.54 Å². The second kappa shape index (κ2) is 4.66. The summed E-state index contributed by atoms with van der Waals surface area (Å²) >= 11 is 0. The van der Waals surface area contributed by atoms with Crippen molar-refractivity contribution in [2.24, 2.45) is 5.41 Å². The van der Waals surface area contributed by atoms with Crippen LogP contribution in [0, 0.1) is 5.41 Å². The molecule has 2 aliphatic rings. The van der Waals surface area contributed by atoms with E-state index in [1.54, 1.807) is 0 Å². The molecule has 19 heavy (non-hydrogen) atoms. The van der Waals surface area contributed by atoms with Gasteiger partial charge < -0.3 is 5.32 Å². The number of rotatable bonds is 2. The van der Waals surface area contributed by atoms with E-state index >= 15 is 0 Å². The summed E-state index contributed by atoms with van der Waals surface area (Å²) in [6.45, 7) is 5.25. The van der Waals surface area contributed by atoms with Crippen LogP contribution in [-0.4, -0.2) is 12.5 Å². The molecule has 1 amide bonds. The molecule has 0 radical (unpaired) electrons. The Kier molecular flexibility index (Phi) is 3.12. The number of nitrogens with one attached hydrogen (secondary N) is 1. The second-order valence-electron chi connectivity index (χ2n) is 6.45. The Labute approximate surface area is 115 Å². The van der Waals surface area contributed by atoms with Gasteiger partial charge in [0.1, 0.15) is 0 Å². The molecule has 1 aliphatic heterocycles. The molecule has 1 aliphatic carbocycles. The maximum absolute atomic E-state index is 12.2. The van der Waals surface area contributed by atoms with Gasteiger partial charge in [0.15, 0.2) is 0 Å². The first-order valence-electron chi connectivity index (χ1n) is 7.52. The number of carbonyl (C=O) groups excluding carboxylic acids is 1. The van der Waals surface area contributed by atoms with E-state index in [0.29, 0.717) is 17.7 Å². The highest BCUT2D eigenvalue weighted by molar-refractivity contribution is 5.86. The van der Waals surface area contributed by atoms with Gasteiger partial charge in [-0.25, -0.2) is 0 Å². The summed E-state index contributed by atoms with van der Waals surface area (Å²) in [6, 6.07) is 8.93. The zero-order valence-corrected chi connectivity index (χ0v) is 11.9. The fourth-order valence-electron chi connectivity index (χ4n) is 3.86. The van der Waals surface area contributed by atoms with Crippen LogP contribution in [0.4, 0.5) is 0 Å². The minimum Gasteiger partial charge on any atom is -0.355 e. The molecule has 2 heteroatoms. The van der Waals surface area contributed by atoms with Crippen LogP contribution < -0.4 is 5.32 Å². The van der Waals surface area contributed by atoms with Crippen LogP contribution >= 0.6 is 0 Å². The molecular weight excluding hydrogens is 234 g/mol. The summed E-state index contributed by atoms with van der Waals surface area (Å²) in [5.41, 5.74) is 2.62. The lowest BCUT2D eigenvalue weighted by molar-refractivity contribution is -0.127. The summed E-state index contributed by atoms with van der Waals surface area (Å²) in [7, 11) is 0. The molecule has 0 bridgehead atoms. The predicted molar refractivity (Wildman–Crippen MR) is 77.2 cm³/mol. The summed E-state index contributed by atoms with van der Waals surface area (Å²) in [5, 5.41) is 3.10. The van der Waals surface area contributed by atoms with Crippen LogP contribution in [0.5, 0.6) is 0 Å². The molecule has 1 N–H and O–H groups in total. The lowest BCUT2D eigenvalue weighted by Gasteiger charge is -2.28. The third-order valence-corrected chi connectivity index (χ3v) is 5.09. The molecule has 2 fully saturated rings. The van der Waals surface area contributed by atoms with E-state index in [4.69, 9.17) is 0 Å². The molecule has 1 heterocycles. The van der Waals surface area contributed by atoms with Crippen molar-refractivity contribution in [1.29, 1.82) is 0 Å². The van der Waals surface area contributed by atoms with Gasteiger partial charge >= 0.3 is 0 Å². The molecule has 0 unspecified atom stereocenters. The normalized spacial score (nSPS) is 25.2. The average molecular weight is 257 g/mol. The minimum absolute atomic E-state index is 0.0979. The first kappa shape index (κ1) is 12.7. The van der Waals surface area contributed by atoms with Gasteiger partial charge in [-0.05, 0) is 29.9 Å². The topological polar surface area (TPSA) is 29.1 Å². The lowest BCUT2D eigenvalue weighted by atomic mass is 9.72. The maximum Gasteiger partial charge on any atom is 0.226 e. The Balaban J connectivity index is 1.91. The van der Waals surface area contributed by atoms with E-state index in [2.05, 4.69) is 43.4 Å². The maximum atomic E-state index is 12.2. The molecule has 102 valence electrons. The Morgan fingerprint density at radius 3 is 2.37 bits per heavy atom. The fraction of sp³-hybridized carbons (Fsp3) is 0.588. The van der Waals surface area contributed by atoms with Crippen LogP contribution in [-0.2, 0) is 4.79 Å². The van der Waals surface area contributed by atoms with Crippen molar-refractivity contribution in [1.82, 2.24) is 5.32 Å². The SMILES string of the molecule is CC(C)c1ccc([C@@H]2CNC(=O)C23CCCC3)cc1. The zero-order chi connectivity index (χ0) is 13.5. The average Bonchev–Trinajstić information content (AvgIpc) is 3.01. The number of carbonyl (C=O) groups is 1. The molecule has 0 aromatic heterocycles. The molecular formula is C17H23NO. The smallest absolute Gasteiger partial charge is 0.226 e. The van der Waals surface area contributed by atoms with Crippen molar-refractivity contribution < 1.29 is 4.79 Å². The van der Waals surface area contributed by atoms with Gasteiger partial charge in [0.05, 0.1) is 5.41 Å². The molecule has 1 aromatic carbocycles. The molecule has 3 rings (SSSR count).